The fourth-order valence-electron chi connectivity index (χ4n) is 2.40. The van der Waals surface area contributed by atoms with Crippen molar-refractivity contribution in [1.29, 1.82) is 0 Å². The van der Waals surface area contributed by atoms with E-state index in [1.165, 1.54) is 18.5 Å². The number of nitrogens with one attached hydrogen (secondary N) is 1. The van der Waals surface area contributed by atoms with Crippen LogP contribution in [0.25, 0.3) is 10.9 Å². The molecule has 3 rings (SSSR count). The van der Waals surface area contributed by atoms with Crippen LogP contribution in [0.15, 0.2) is 59.7 Å². The van der Waals surface area contributed by atoms with Crippen molar-refractivity contribution in [3.63, 3.8) is 0 Å². The number of fused-ring (bicyclic) bond motifs is 1. The van der Waals surface area contributed by atoms with Crippen molar-refractivity contribution < 1.29 is 18.7 Å². The second kappa shape index (κ2) is 8.22. The molecule has 1 heterocycles. The van der Waals surface area contributed by atoms with Gasteiger partial charge < -0.3 is 10.1 Å². The Morgan fingerprint density at radius 1 is 1.11 bits per heavy atom. The first kappa shape index (κ1) is 18.2. The number of para-hydroxylation sites is 1. The second-order valence-corrected chi connectivity index (χ2v) is 5.76. The number of aromatic nitrogens is 2. The third-order valence-electron chi connectivity index (χ3n) is 3.80. The SMILES string of the molecule is O=C(COC(=O)Cn1cnc2ccccc2c1=O)NCc1ccc(F)cc1. The molecule has 7 nitrogen and oxygen atoms in total. The maximum absolute atomic E-state index is 12.8. The number of nitrogens with zero attached hydrogens (tertiary/aromatic N) is 2. The third kappa shape index (κ3) is 4.75. The van der Waals surface area contributed by atoms with Gasteiger partial charge in [-0.15, -0.1) is 0 Å². The molecule has 0 atom stereocenters. The highest BCUT2D eigenvalue weighted by molar-refractivity contribution is 5.81. The number of halogens is 1. The summed E-state index contributed by atoms with van der Waals surface area (Å²) in [5.74, 6) is -1.60. The summed E-state index contributed by atoms with van der Waals surface area (Å²) >= 11 is 0. The van der Waals surface area contributed by atoms with E-state index in [2.05, 4.69) is 10.3 Å². The zero-order valence-corrected chi connectivity index (χ0v) is 14.2. The van der Waals surface area contributed by atoms with Crippen molar-refractivity contribution in [1.82, 2.24) is 14.9 Å². The summed E-state index contributed by atoms with van der Waals surface area (Å²) in [6.45, 7) is -0.636. The fraction of sp³-hybridized carbons (Fsp3) is 0.158. The van der Waals surface area contributed by atoms with E-state index in [1.807, 2.05) is 0 Å². The highest BCUT2D eigenvalue weighted by Crippen LogP contribution is 2.05. The monoisotopic (exact) mass is 369 g/mol. The minimum absolute atomic E-state index is 0.185. The number of esters is 1. The van der Waals surface area contributed by atoms with Gasteiger partial charge in [-0.1, -0.05) is 24.3 Å². The van der Waals surface area contributed by atoms with E-state index in [-0.39, 0.29) is 24.5 Å². The summed E-state index contributed by atoms with van der Waals surface area (Å²) in [4.78, 5) is 40.0. The van der Waals surface area contributed by atoms with Gasteiger partial charge in [0.1, 0.15) is 12.4 Å². The first-order valence-corrected chi connectivity index (χ1v) is 8.14. The highest BCUT2D eigenvalue weighted by Gasteiger charge is 2.11. The van der Waals surface area contributed by atoms with Crippen LogP contribution >= 0.6 is 0 Å². The lowest BCUT2D eigenvalue weighted by atomic mass is 10.2. The zero-order chi connectivity index (χ0) is 19.2. The molecule has 0 saturated heterocycles. The van der Waals surface area contributed by atoms with E-state index in [0.29, 0.717) is 16.5 Å². The number of hydrogen-bond acceptors (Lipinski definition) is 5. The number of ether oxygens (including phenoxy) is 1. The molecule has 3 aromatic rings. The smallest absolute Gasteiger partial charge is 0.326 e. The minimum atomic E-state index is -0.730. The Kier molecular flexibility index (Phi) is 5.55. The van der Waals surface area contributed by atoms with Crippen LogP contribution in [0.2, 0.25) is 0 Å². The number of carbonyl (C=O) groups excluding carboxylic acids is 2. The molecule has 0 spiro atoms. The molecule has 27 heavy (non-hydrogen) atoms. The average Bonchev–Trinajstić information content (AvgIpc) is 2.68. The van der Waals surface area contributed by atoms with Crippen LogP contribution in [-0.2, 0) is 27.4 Å². The predicted molar refractivity (Wildman–Crippen MR) is 95.2 cm³/mol. The first-order valence-electron chi connectivity index (χ1n) is 8.14. The molecule has 0 radical (unpaired) electrons. The summed E-state index contributed by atoms with van der Waals surface area (Å²) < 4.78 is 18.8. The largest absolute Gasteiger partial charge is 0.454 e. The van der Waals surface area contributed by atoms with Crippen LogP contribution in [0.5, 0.6) is 0 Å². The van der Waals surface area contributed by atoms with E-state index < -0.39 is 18.5 Å². The molecule has 8 heteroatoms. The van der Waals surface area contributed by atoms with E-state index in [4.69, 9.17) is 4.74 Å². The van der Waals surface area contributed by atoms with Crippen LogP contribution in [0, 0.1) is 5.82 Å². The number of hydrogen-bond donors (Lipinski definition) is 1. The molecule has 0 aliphatic heterocycles. The molecule has 138 valence electrons. The van der Waals surface area contributed by atoms with Crippen LogP contribution < -0.4 is 10.9 Å². The maximum atomic E-state index is 12.8. The standard InChI is InChI=1S/C19H16FN3O4/c20-14-7-5-13(6-8-14)9-21-17(24)11-27-18(25)10-23-12-22-16-4-2-1-3-15(16)19(23)26/h1-8,12H,9-11H2,(H,21,24). The van der Waals surface area contributed by atoms with Gasteiger partial charge in [0.05, 0.1) is 17.2 Å². The van der Waals surface area contributed by atoms with E-state index in [9.17, 15) is 18.8 Å². The topological polar surface area (TPSA) is 90.3 Å². The third-order valence-corrected chi connectivity index (χ3v) is 3.80. The van der Waals surface area contributed by atoms with Crippen molar-refractivity contribution >= 4 is 22.8 Å². The highest BCUT2D eigenvalue weighted by atomic mass is 19.1. The zero-order valence-electron chi connectivity index (χ0n) is 14.2. The summed E-state index contributed by atoms with van der Waals surface area (Å²) in [7, 11) is 0. The van der Waals surface area contributed by atoms with Gasteiger partial charge in [0.2, 0.25) is 0 Å². The number of benzene rings is 2. The van der Waals surface area contributed by atoms with Crippen molar-refractivity contribution in [3.8, 4) is 0 Å². The molecule has 1 amide bonds. The van der Waals surface area contributed by atoms with Gasteiger partial charge in [0.15, 0.2) is 6.61 Å². The van der Waals surface area contributed by atoms with Crippen LogP contribution in [0.3, 0.4) is 0 Å². The van der Waals surface area contributed by atoms with E-state index >= 15 is 0 Å². The molecule has 0 bridgehead atoms. The van der Waals surface area contributed by atoms with Crippen molar-refractivity contribution in [2.75, 3.05) is 6.61 Å². The number of rotatable bonds is 6. The van der Waals surface area contributed by atoms with Gasteiger partial charge in [0, 0.05) is 6.54 Å². The Labute approximate surface area is 153 Å². The Balaban J connectivity index is 1.51. The first-order chi connectivity index (χ1) is 13.0. The molecule has 0 saturated carbocycles. The molecule has 1 N–H and O–H groups in total. The quantitative estimate of drug-likeness (QED) is 0.663. The molecule has 2 aromatic carbocycles. The van der Waals surface area contributed by atoms with Crippen molar-refractivity contribution in [2.45, 2.75) is 13.1 Å². The maximum Gasteiger partial charge on any atom is 0.326 e. The van der Waals surface area contributed by atoms with Gasteiger partial charge in [-0.3, -0.25) is 19.0 Å². The Bertz CT molecular complexity index is 1030. The van der Waals surface area contributed by atoms with Gasteiger partial charge in [0.25, 0.3) is 11.5 Å². The molecule has 0 aliphatic carbocycles. The van der Waals surface area contributed by atoms with Crippen molar-refractivity contribution in [3.05, 3.63) is 76.6 Å². The summed E-state index contributed by atoms with van der Waals surface area (Å²) in [5, 5.41) is 2.95. The lowest BCUT2D eigenvalue weighted by molar-refractivity contribution is -0.149. The van der Waals surface area contributed by atoms with Crippen LogP contribution in [0.4, 0.5) is 4.39 Å². The molecule has 0 aliphatic rings. The van der Waals surface area contributed by atoms with Crippen molar-refractivity contribution in [2.24, 2.45) is 0 Å². The molecule has 0 fully saturated rings. The molecular formula is C19H16FN3O4. The number of carbonyl (C=O) groups is 2. The second-order valence-electron chi connectivity index (χ2n) is 5.76. The lowest BCUT2D eigenvalue weighted by Crippen LogP contribution is -2.31. The van der Waals surface area contributed by atoms with Gasteiger partial charge in [-0.05, 0) is 29.8 Å². The van der Waals surface area contributed by atoms with Gasteiger partial charge >= 0.3 is 5.97 Å². The van der Waals surface area contributed by atoms with E-state index in [0.717, 1.165) is 4.57 Å². The van der Waals surface area contributed by atoms with Gasteiger partial charge in [-0.25, -0.2) is 9.37 Å². The fourth-order valence-corrected chi connectivity index (χ4v) is 2.40. The normalized spacial score (nSPS) is 10.6. The van der Waals surface area contributed by atoms with Crippen LogP contribution in [0.1, 0.15) is 5.56 Å². The number of amides is 1. The summed E-state index contributed by atoms with van der Waals surface area (Å²) in [6.07, 6.45) is 1.26. The molecule has 1 aromatic heterocycles. The molecular weight excluding hydrogens is 353 g/mol. The Hall–Kier alpha value is -3.55. The van der Waals surface area contributed by atoms with E-state index in [1.54, 1.807) is 36.4 Å². The summed E-state index contributed by atoms with van der Waals surface area (Å²) in [5.41, 5.74) is 0.885. The average molecular weight is 369 g/mol. The molecule has 0 unspecified atom stereocenters. The van der Waals surface area contributed by atoms with Crippen LogP contribution in [-0.4, -0.2) is 28.0 Å². The Morgan fingerprint density at radius 3 is 2.63 bits per heavy atom. The minimum Gasteiger partial charge on any atom is -0.454 e. The lowest BCUT2D eigenvalue weighted by Gasteiger charge is -2.08. The predicted octanol–water partition coefficient (Wildman–Crippen LogP) is 1.40. The summed E-state index contributed by atoms with van der Waals surface area (Å²) in [6, 6.07) is 12.5. The Morgan fingerprint density at radius 2 is 1.85 bits per heavy atom. The van der Waals surface area contributed by atoms with Gasteiger partial charge in [-0.2, -0.15) is 0 Å².